The highest BCUT2D eigenvalue weighted by atomic mass is 16.5. The molecule has 2 aromatic rings. The predicted octanol–water partition coefficient (Wildman–Crippen LogP) is 3.41. The van der Waals surface area contributed by atoms with Gasteiger partial charge in [0.1, 0.15) is 5.75 Å². The molecule has 0 saturated heterocycles. The molecule has 0 aliphatic heterocycles. The molecule has 2 rings (SSSR count). The molecule has 0 bridgehead atoms. The van der Waals surface area contributed by atoms with Crippen molar-refractivity contribution >= 4 is 11.6 Å². The summed E-state index contributed by atoms with van der Waals surface area (Å²) in [6.45, 7) is 4.06. The molecular weight excluding hydrogens is 250 g/mol. The van der Waals surface area contributed by atoms with Gasteiger partial charge < -0.3 is 9.64 Å². The number of nitrogens with zero attached hydrogens (tertiary/aromatic N) is 1. The maximum absolute atomic E-state index is 12.0. The SMILES string of the molecule is C=CC(=O)N(Cc1ccc(OC)cc1)c1ccccc1. The molecule has 0 aliphatic carbocycles. The van der Waals surface area contributed by atoms with Crippen LogP contribution in [0.2, 0.25) is 0 Å². The molecule has 0 unspecified atom stereocenters. The zero-order chi connectivity index (χ0) is 14.4. The summed E-state index contributed by atoms with van der Waals surface area (Å²) in [6, 6.07) is 17.2. The van der Waals surface area contributed by atoms with Gasteiger partial charge in [0.25, 0.3) is 5.91 Å². The fourth-order valence-electron chi connectivity index (χ4n) is 1.93. The minimum absolute atomic E-state index is 0.119. The molecule has 20 heavy (non-hydrogen) atoms. The van der Waals surface area contributed by atoms with Crippen molar-refractivity contribution in [1.82, 2.24) is 0 Å². The Kier molecular flexibility index (Phi) is 4.56. The number of anilines is 1. The molecule has 0 N–H and O–H groups in total. The lowest BCUT2D eigenvalue weighted by molar-refractivity contribution is -0.114. The molecule has 0 fully saturated rings. The van der Waals surface area contributed by atoms with Crippen molar-refractivity contribution in [2.24, 2.45) is 0 Å². The van der Waals surface area contributed by atoms with E-state index in [1.165, 1.54) is 6.08 Å². The van der Waals surface area contributed by atoms with Crippen molar-refractivity contribution in [1.29, 1.82) is 0 Å². The average Bonchev–Trinajstić information content (AvgIpc) is 2.53. The maximum Gasteiger partial charge on any atom is 0.250 e. The minimum atomic E-state index is -0.119. The van der Waals surface area contributed by atoms with Crippen molar-refractivity contribution < 1.29 is 9.53 Å². The Labute approximate surface area is 119 Å². The number of hydrogen-bond donors (Lipinski definition) is 0. The van der Waals surface area contributed by atoms with Crippen molar-refractivity contribution in [2.75, 3.05) is 12.0 Å². The normalized spacial score (nSPS) is 9.85. The van der Waals surface area contributed by atoms with E-state index in [9.17, 15) is 4.79 Å². The van der Waals surface area contributed by atoms with Gasteiger partial charge in [-0.1, -0.05) is 36.9 Å². The number of amides is 1. The van der Waals surface area contributed by atoms with E-state index in [0.717, 1.165) is 17.0 Å². The fraction of sp³-hybridized carbons (Fsp3) is 0.118. The Bertz CT molecular complexity index is 576. The quantitative estimate of drug-likeness (QED) is 0.777. The van der Waals surface area contributed by atoms with Gasteiger partial charge in [0.05, 0.1) is 13.7 Å². The topological polar surface area (TPSA) is 29.5 Å². The van der Waals surface area contributed by atoms with Crippen LogP contribution in [0.15, 0.2) is 67.3 Å². The number of hydrogen-bond acceptors (Lipinski definition) is 2. The Balaban J connectivity index is 2.23. The van der Waals surface area contributed by atoms with Gasteiger partial charge in [0.2, 0.25) is 0 Å². The summed E-state index contributed by atoms with van der Waals surface area (Å²) in [5.41, 5.74) is 1.89. The number of rotatable bonds is 5. The van der Waals surface area contributed by atoms with Crippen LogP contribution in [-0.2, 0) is 11.3 Å². The molecule has 2 aromatic carbocycles. The summed E-state index contributed by atoms with van der Waals surface area (Å²) in [5.74, 6) is 0.682. The van der Waals surface area contributed by atoms with Crippen LogP contribution in [0, 0.1) is 0 Å². The van der Waals surface area contributed by atoms with E-state index in [4.69, 9.17) is 4.74 Å². The Morgan fingerprint density at radius 1 is 1.15 bits per heavy atom. The summed E-state index contributed by atoms with van der Waals surface area (Å²) in [6.07, 6.45) is 1.33. The molecule has 0 spiro atoms. The zero-order valence-corrected chi connectivity index (χ0v) is 11.5. The van der Waals surface area contributed by atoms with Gasteiger partial charge in [-0.2, -0.15) is 0 Å². The van der Waals surface area contributed by atoms with Crippen LogP contribution in [0.1, 0.15) is 5.56 Å². The van der Waals surface area contributed by atoms with Crippen LogP contribution < -0.4 is 9.64 Å². The predicted molar refractivity (Wildman–Crippen MR) is 80.8 cm³/mol. The summed E-state index contributed by atoms with van der Waals surface area (Å²) in [4.78, 5) is 13.7. The molecule has 0 heterocycles. The average molecular weight is 267 g/mol. The van der Waals surface area contributed by atoms with Crippen LogP contribution in [0.5, 0.6) is 5.75 Å². The molecular formula is C17H17NO2. The van der Waals surface area contributed by atoms with Crippen LogP contribution in [0.4, 0.5) is 5.69 Å². The molecule has 0 aromatic heterocycles. The van der Waals surface area contributed by atoms with Gasteiger partial charge in [-0.15, -0.1) is 0 Å². The summed E-state index contributed by atoms with van der Waals surface area (Å²) >= 11 is 0. The fourth-order valence-corrected chi connectivity index (χ4v) is 1.93. The number of carbonyl (C=O) groups excluding carboxylic acids is 1. The van der Waals surface area contributed by atoms with Crippen LogP contribution >= 0.6 is 0 Å². The van der Waals surface area contributed by atoms with Crippen molar-refractivity contribution in [2.45, 2.75) is 6.54 Å². The second-order valence-electron chi connectivity index (χ2n) is 4.31. The molecule has 1 amide bonds. The molecule has 0 atom stereocenters. The minimum Gasteiger partial charge on any atom is -0.497 e. The first kappa shape index (κ1) is 13.9. The van der Waals surface area contributed by atoms with Crippen molar-refractivity contribution in [3.8, 4) is 5.75 Å². The van der Waals surface area contributed by atoms with E-state index in [-0.39, 0.29) is 5.91 Å². The van der Waals surface area contributed by atoms with Gasteiger partial charge in [0.15, 0.2) is 0 Å². The molecule has 3 heteroatoms. The number of ether oxygens (including phenoxy) is 1. The molecule has 0 aliphatic rings. The number of benzene rings is 2. The first-order valence-corrected chi connectivity index (χ1v) is 6.36. The lowest BCUT2D eigenvalue weighted by atomic mass is 10.2. The van der Waals surface area contributed by atoms with E-state index in [2.05, 4.69) is 6.58 Å². The van der Waals surface area contributed by atoms with E-state index < -0.39 is 0 Å². The van der Waals surface area contributed by atoms with E-state index in [1.807, 2.05) is 54.6 Å². The third kappa shape index (κ3) is 3.26. The zero-order valence-electron chi connectivity index (χ0n) is 11.5. The molecule has 0 saturated carbocycles. The van der Waals surface area contributed by atoms with Gasteiger partial charge in [-0.05, 0) is 35.9 Å². The van der Waals surface area contributed by atoms with Crippen LogP contribution in [-0.4, -0.2) is 13.0 Å². The second-order valence-corrected chi connectivity index (χ2v) is 4.31. The molecule has 102 valence electrons. The van der Waals surface area contributed by atoms with E-state index in [1.54, 1.807) is 12.0 Å². The van der Waals surface area contributed by atoms with Gasteiger partial charge in [0, 0.05) is 5.69 Å². The van der Waals surface area contributed by atoms with Crippen molar-refractivity contribution in [3.05, 3.63) is 72.8 Å². The summed E-state index contributed by atoms with van der Waals surface area (Å²) in [7, 11) is 1.63. The van der Waals surface area contributed by atoms with E-state index >= 15 is 0 Å². The Morgan fingerprint density at radius 3 is 2.35 bits per heavy atom. The van der Waals surface area contributed by atoms with Crippen LogP contribution in [0.3, 0.4) is 0 Å². The monoisotopic (exact) mass is 267 g/mol. The molecule has 0 radical (unpaired) electrons. The lowest BCUT2D eigenvalue weighted by Crippen LogP contribution is -2.28. The Hall–Kier alpha value is -2.55. The highest BCUT2D eigenvalue weighted by Crippen LogP contribution is 2.19. The van der Waals surface area contributed by atoms with Gasteiger partial charge in [-0.3, -0.25) is 4.79 Å². The maximum atomic E-state index is 12.0. The third-order valence-corrected chi connectivity index (χ3v) is 3.01. The highest BCUT2D eigenvalue weighted by molar-refractivity contribution is 6.00. The highest BCUT2D eigenvalue weighted by Gasteiger charge is 2.12. The first-order chi connectivity index (χ1) is 9.74. The summed E-state index contributed by atoms with van der Waals surface area (Å²) < 4.78 is 5.13. The first-order valence-electron chi connectivity index (χ1n) is 6.36. The van der Waals surface area contributed by atoms with Gasteiger partial charge >= 0.3 is 0 Å². The van der Waals surface area contributed by atoms with Gasteiger partial charge in [-0.25, -0.2) is 0 Å². The smallest absolute Gasteiger partial charge is 0.250 e. The molecule has 3 nitrogen and oxygen atoms in total. The lowest BCUT2D eigenvalue weighted by Gasteiger charge is -2.21. The largest absolute Gasteiger partial charge is 0.497 e. The number of methoxy groups -OCH3 is 1. The third-order valence-electron chi connectivity index (χ3n) is 3.01. The number of para-hydroxylation sites is 1. The standard InChI is InChI=1S/C17H17NO2/c1-3-17(19)18(15-7-5-4-6-8-15)13-14-9-11-16(20-2)12-10-14/h3-12H,1,13H2,2H3. The van der Waals surface area contributed by atoms with Crippen molar-refractivity contribution in [3.63, 3.8) is 0 Å². The number of carbonyl (C=O) groups is 1. The summed E-state index contributed by atoms with van der Waals surface area (Å²) in [5, 5.41) is 0. The van der Waals surface area contributed by atoms with Crippen LogP contribution in [0.25, 0.3) is 0 Å². The Morgan fingerprint density at radius 2 is 1.80 bits per heavy atom. The van der Waals surface area contributed by atoms with E-state index in [0.29, 0.717) is 6.54 Å². The second kappa shape index (κ2) is 6.57.